The van der Waals surface area contributed by atoms with Gasteiger partial charge in [0.25, 0.3) is 0 Å². The molecule has 4 nitrogen and oxygen atoms in total. The van der Waals surface area contributed by atoms with E-state index in [2.05, 4.69) is 4.90 Å². The van der Waals surface area contributed by atoms with Crippen molar-refractivity contribution in [2.75, 3.05) is 32.8 Å². The Morgan fingerprint density at radius 2 is 2.00 bits per heavy atom. The highest BCUT2D eigenvalue weighted by Crippen LogP contribution is 2.19. The van der Waals surface area contributed by atoms with E-state index in [1.807, 2.05) is 6.92 Å². The molecule has 23 heavy (non-hydrogen) atoms. The highest BCUT2D eigenvalue weighted by molar-refractivity contribution is 5.72. The number of hydrogen-bond acceptors (Lipinski definition) is 4. The first-order valence-electron chi connectivity index (χ1n) is 8.47. The number of benzene rings is 1. The first kappa shape index (κ1) is 17.7. The van der Waals surface area contributed by atoms with Crippen LogP contribution < -0.4 is 4.74 Å². The zero-order chi connectivity index (χ0) is 16.5. The lowest BCUT2D eigenvalue weighted by Gasteiger charge is -2.30. The standard InChI is InChI=1S/C18H26FNO3/c1-2-22-18(21)15-9-12-20(13-10-15)11-5-6-14-23-17-8-4-3-7-16(17)19/h3-4,7-8,15H,2,5-6,9-14H2,1H3. The third-order valence-corrected chi connectivity index (χ3v) is 4.17. The number of carbonyl (C=O) groups is 1. The van der Waals surface area contributed by atoms with E-state index in [0.29, 0.717) is 19.0 Å². The molecule has 5 heteroatoms. The molecule has 0 N–H and O–H groups in total. The number of ether oxygens (including phenoxy) is 2. The number of unbranched alkanes of at least 4 members (excludes halogenated alkanes) is 1. The van der Waals surface area contributed by atoms with Crippen LogP contribution in [0.25, 0.3) is 0 Å². The van der Waals surface area contributed by atoms with Gasteiger partial charge < -0.3 is 14.4 Å². The highest BCUT2D eigenvalue weighted by Gasteiger charge is 2.25. The van der Waals surface area contributed by atoms with E-state index in [1.165, 1.54) is 6.07 Å². The minimum atomic E-state index is -0.312. The van der Waals surface area contributed by atoms with E-state index in [9.17, 15) is 9.18 Å². The Labute approximate surface area is 137 Å². The number of rotatable bonds is 8. The van der Waals surface area contributed by atoms with E-state index in [4.69, 9.17) is 9.47 Å². The molecule has 0 aliphatic carbocycles. The second-order valence-electron chi connectivity index (χ2n) is 5.85. The minimum Gasteiger partial charge on any atom is -0.491 e. The molecule has 1 aliphatic rings. The molecular formula is C18H26FNO3. The smallest absolute Gasteiger partial charge is 0.309 e. The van der Waals surface area contributed by atoms with Gasteiger partial charge in [-0.05, 0) is 64.4 Å². The van der Waals surface area contributed by atoms with Crippen molar-refractivity contribution in [3.05, 3.63) is 30.1 Å². The number of hydrogen-bond donors (Lipinski definition) is 0. The molecule has 0 radical (unpaired) electrons. The molecule has 0 amide bonds. The summed E-state index contributed by atoms with van der Waals surface area (Å²) < 4.78 is 23.9. The van der Waals surface area contributed by atoms with Crippen LogP contribution in [-0.2, 0) is 9.53 Å². The van der Waals surface area contributed by atoms with Gasteiger partial charge in [-0.15, -0.1) is 0 Å². The Morgan fingerprint density at radius 3 is 2.70 bits per heavy atom. The Kier molecular flexibility index (Phi) is 7.33. The summed E-state index contributed by atoms with van der Waals surface area (Å²) in [6.07, 6.45) is 3.67. The molecular weight excluding hydrogens is 297 g/mol. The maximum Gasteiger partial charge on any atom is 0.309 e. The van der Waals surface area contributed by atoms with Gasteiger partial charge in [0.1, 0.15) is 0 Å². The van der Waals surface area contributed by atoms with Gasteiger partial charge in [0.2, 0.25) is 0 Å². The predicted octanol–water partition coefficient (Wildman–Crippen LogP) is 3.26. The Morgan fingerprint density at radius 1 is 1.26 bits per heavy atom. The lowest BCUT2D eigenvalue weighted by molar-refractivity contribution is -0.149. The second kappa shape index (κ2) is 9.50. The molecule has 1 aromatic carbocycles. The summed E-state index contributed by atoms with van der Waals surface area (Å²) in [6.45, 7) is 5.71. The highest BCUT2D eigenvalue weighted by atomic mass is 19.1. The number of nitrogens with zero attached hydrogens (tertiary/aromatic N) is 1. The summed E-state index contributed by atoms with van der Waals surface area (Å²) in [5.41, 5.74) is 0. The van der Waals surface area contributed by atoms with Crippen LogP contribution in [0.3, 0.4) is 0 Å². The first-order valence-corrected chi connectivity index (χ1v) is 8.47. The van der Waals surface area contributed by atoms with Crippen molar-refractivity contribution in [3.63, 3.8) is 0 Å². The van der Waals surface area contributed by atoms with Gasteiger partial charge in [-0.2, -0.15) is 0 Å². The lowest BCUT2D eigenvalue weighted by atomic mass is 9.97. The topological polar surface area (TPSA) is 38.8 Å². The maximum atomic E-state index is 13.4. The predicted molar refractivity (Wildman–Crippen MR) is 86.9 cm³/mol. The van der Waals surface area contributed by atoms with Gasteiger partial charge >= 0.3 is 5.97 Å². The average molecular weight is 323 g/mol. The fraction of sp³-hybridized carbons (Fsp3) is 0.611. The normalized spacial score (nSPS) is 16.3. The molecule has 0 saturated carbocycles. The number of carbonyl (C=O) groups excluding carboxylic acids is 1. The fourth-order valence-corrected chi connectivity index (χ4v) is 2.83. The number of piperidine rings is 1. The molecule has 1 fully saturated rings. The summed E-state index contributed by atoms with van der Waals surface area (Å²) in [7, 11) is 0. The molecule has 2 rings (SSSR count). The van der Waals surface area contributed by atoms with Gasteiger partial charge in [0.15, 0.2) is 11.6 Å². The summed E-state index contributed by atoms with van der Waals surface area (Å²) in [5, 5.41) is 0. The van der Waals surface area contributed by atoms with E-state index in [0.717, 1.165) is 45.3 Å². The van der Waals surface area contributed by atoms with Crippen molar-refractivity contribution < 1.29 is 18.7 Å². The summed E-state index contributed by atoms with van der Waals surface area (Å²) in [5.74, 6) is 0.0253. The van der Waals surface area contributed by atoms with Crippen LogP contribution in [0.4, 0.5) is 4.39 Å². The largest absolute Gasteiger partial charge is 0.491 e. The van der Waals surface area contributed by atoms with Gasteiger partial charge in [0.05, 0.1) is 19.1 Å². The number of esters is 1. The number of halogens is 1. The van der Waals surface area contributed by atoms with Crippen LogP contribution in [0.1, 0.15) is 32.6 Å². The van der Waals surface area contributed by atoms with E-state index in [1.54, 1.807) is 18.2 Å². The second-order valence-corrected chi connectivity index (χ2v) is 5.85. The van der Waals surface area contributed by atoms with Gasteiger partial charge in [-0.25, -0.2) is 4.39 Å². The Hall–Kier alpha value is -1.62. The Balaban J connectivity index is 1.56. The van der Waals surface area contributed by atoms with Crippen molar-refractivity contribution in [1.82, 2.24) is 4.90 Å². The molecule has 0 aromatic heterocycles. The quantitative estimate of drug-likeness (QED) is 0.544. The molecule has 0 atom stereocenters. The van der Waals surface area contributed by atoms with Crippen molar-refractivity contribution in [3.8, 4) is 5.75 Å². The zero-order valence-corrected chi connectivity index (χ0v) is 13.8. The fourth-order valence-electron chi connectivity index (χ4n) is 2.83. The summed E-state index contributed by atoms with van der Waals surface area (Å²) >= 11 is 0. The van der Waals surface area contributed by atoms with Gasteiger partial charge in [0, 0.05) is 0 Å². The molecule has 1 heterocycles. The van der Waals surface area contributed by atoms with E-state index >= 15 is 0 Å². The van der Waals surface area contributed by atoms with Crippen LogP contribution in [-0.4, -0.2) is 43.7 Å². The average Bonchev–Trinajstić information content (AvgIpc) is 2.57. The SMILES string of the molecule is CCOC(=O)C1CCN(CCCCOc2ccccc2F)CC1. The number of likely N-dealkylation sites (tertiary alicyclic amines) is 1. The summed E-state index contributed by atoms with van der Waals surface area (Å²) in [6, 6.07) is 6.48. The monoisotopic (exact) mass is 323 g/mol. The van der Waals surface area contributed by atoms with Crippen LogP contribution in [0.5, 0.6) is 5.75 Å². The van der Waals surface area contributed by atoms with Crippen molar-refractivity contribution in [2.24, 2.45) is 5.92 Å². The van der Waals surface area contributed by atoms with Gasteiger partial charge in [-0.1, -0.05) is 12.1 Å². The van der Waals surface area contributed by atoms with Crippen LogP contribution in [0.2, 0.25) is 0 Å². The van der Waals surface area contributed by atoms with Crippen LogP contribution in [0, 0.1) is 11.7 Å². The third kappa shape index (κ3) is 5.82. The first-order chi connectivity index (χ1) is 11.2. The molecule has 1 saturated heterocycles. The lowest BCUT2D eigenvalue weighted by Crippen LogP contribution is -2.37. The van der Waals surface area contributed by atoms with E-state index in [-0.39, 0.29) is 17.7 Å². The molecule has 0 bridgehead atoms. The van der Waals surface area contributed by atoms with Crippen molar-refractivity contribution in [2.45, 2.75) is 32.6 Å². The molecule has 0 spiro atoms. The Bertz CT molecular complexity index is 487. The number of para-hydroxylation sites is 1. The zero-order valence-electron chi connectivity index (χ0n) is 13.8. The van der Waals surface area contributed by atoms with Crippen LogP contribution >= 0.6 is 0 Å². The molecule has 1 aromatic rings. The van der Waals surface area contributed by atoms with Gasteiger partial charge in [-0.3, -0.25) is 4.79 Å². The molecule has 0 unspecified atom stereocenters. The summed E-state index contributed by atoms with van der Waals surface area (Å²) in [4.78, 5) is 14.1. The molecule has 1 aliphatic heterocycles. The van der Waals surface area contributed by atoms with Crippen LogP contribution in [0.15, 0.2) is 24.3 Å². The van der Waals surface area contributed by atoms with E-state index < -0.39 is 0 Å². The molecule has 128 valence electrons. The minimum absolute atomic E-state index is 0.0505. The maximum absolute atomic E-state index is 13.4. The van der Waals surface area contributed by atoms with Crippen molar-refractivity contribution in [1.29, 1.82) is 0 Å². The third-order valence-electron chi connectivity index (χ3n) is 4.17. The van der Waals surface area contributed by atoms with Crippen molar-refractivity contribution >= 4 is 5.97 Å².